The van der Waals surface area contributed by atoms with Crippen molar-refractivity contribution >= 4 is 35.7 Å². The Hall–Kier alpha value is -4.03. The second-order valence-electron chi connectivity index (χ2n) is 6.90. The number of carbonyl (C=O) groups excluding carboxylic acids is 2. The summed E-state index contributed by atoms with van der Waals surface area (Å²) in [7, 11) is 1.53. The van der Waals surface area contributed by atoms with Gasteiger partial charge in [-0.1, -0.05) is 0 Å². The fourth-order valence-electron chi connectivity index (χ4n) is 2.30. The predicted octanol–water partition coefficient (Wildman–Crippen LogP) is -0.427. The standard InChI is InChI=1S/C14H22N6O.C6H13N5O/c1-10(4-5-12-6-8-17-9-7-12)18-13(15)19-14(16)20(3)11(2)21;1-3-11(4(2)12)6(9)10-5(7)8/h6-10H,4-5H2,1-3H3,(H4,15,16,18,19);3H2,1-2H3,(H5,7,8,9,10). The van der Waals surface area contributed by atoms with Gasteiger partial charge in [-0.25, -0.2) is 4.99 Å². The van der Waals surface area contributed by atoms with Gasteiger partial charge < -0.3 is 22.9 Å². The van der Waals surface area contributed by atoms with Crippen LogP contribution in [0.1, 0.15) is 39.7 Å². The molecule has 1 atom stereocenters. The summed E-state index contributed by atoms with van der Waals surface area (Å²) in [6.07, 6.45) is 5.25. The normalized spacial score (nSPS) is 12.0. The summed E-state index contributed by atoms with van der Waals surface area (Å²) in [5.74, 6) is -0.820. The molecule has 0 saturated carbocycles. The zero-order valence-electron chi connectivity index (χ0n) is 19.8. The Morgan fingerprint density at radius 3 is 2.12 bits per heavy atom. The van der Waals surface area contributed by atoms with E-state index in [1.807, 2.05) is 19.1 Å². The number of nitrogens with zero attached hydrogens (tertiary/aromatic N) is 6. The number of pyridine rings is 1. The Morgan fingerprint density at radius 2 is 1.67 bits per heavy atom. The molecule has 0 fully saturated rings. The topological polar surface area (TPSA) is 219 Å². The van der Waals surface area contributed by atoms with Gasteiger partial charge in [0.1, 0.15) is 0 Å². The highest BCUT2D eigenvalue weighted by molar-refractivity contribution is 6.01. The molecule has 0 aromatic carbocycles. The summed E-state index contributed by atoms with van der Waals surface area (Å²) < 4.78 is 0. The molecule has 2 amide bonds. The van der Waals surface area contributed by atoms with Gasteiger partial charge in [-0.05, 0) is 44.4 Å². The van der Waals surface area contributed by atoms with Crippen molar-refractivity contribution in [1.29, 1.82) is 5.41 Å². The van der Waals surface area contributed by atoms with Gasteiger partial charge in [-0.15, -0.1) is 0 Å². The van der Waals surface area contributed by atoms with Gasteiger partial charge in [0, 0.05) is 39.8 Å². The van der Waals surface area contributed by atoms with Crippen LogP contribution in [0, 0.1) is 5.41 Å². The van der Waals surface area contributed by atoms with Crippen molar-refractivity contribution in [3.8, 4) is 0 Å². The summed E-state index contributed by atoms with van der Waals surface area (Å²) in [6, 6.07) is 3.95. The molecule has 0 saturated heterocycles. The van der Waals surface area contributed by atoms with Crippen molar-refractivity contribution in [2.45, 2.75) is 46.6 Å². The van der Waals surface area contributed by atoms with Crippen LogP contribution in [0.3, 0.4) is 0 Å². The van der Waals surface area contributed by atoms with Gasteiger partial charge in [-0.2, -0.15) is 9.98 Å². The number of aryl methyl sites for hydroxylation is 1. The molecule has 0 aliphatic carbocycles. The average molecular weight is 462 g/mol. The minimum absolute atomic E-state index is 0.0114. The van der Waals surface area contributed by atoms with E-state index >= 15 is 0 Å². The lowest BCUT2D eigenvalue weighted by atomic mass is 10.1. The zero-order valence-corrected chi connectivity index (χ0v) is 19.8. The van der Waals surface area contributed by atoms with Crippen LogP contribution >= 0.6 is 0 Å². The first-order valence-electron chi connectivity index (χ1n) is 10.2. The molecule has 0 bridgehead atoms. The molecular formula is C20H35N11O2. The van der Waals surface area contributed by atoms with Crippen LogP contribution in [0.25, 0.3) is 0 Å². The third kappa shape index (κ3) is 12.4. The van der Waals surface area contributed by atoms with Gasteiger partial charge >= 0.3 is 0 Å². The van der Waals surface area contributed by atoms with E-state index in [0.29, 0.717) is 6.54 Å². The van der Waals surface area contributed by atoms with Crippen LogP contribution in [0.15, 0.2) is 39.5 Å². The monoisotopic (exact) mass is 461 g/mol. The Labute approximate surface area is 194 Å². The molecule has 0 spiro atoms. The number of amides is 2. The number of nitrogens with one attached hydrogen (secondary N) is 1. The Balaban J connectivity index is 0.000000728. The third-order valence-electron chi connectivity index (χ3n) is 4.18. The fourth-order valence-corrected chi connectivity index (χ4v) is 2.30. The lowest BCUT2D eigenvalue weighted by molar-refractivity contribution is -0.125. The van der Waals surface area contributed by atoms with Crippen LogP contribution in [0.5, 0.6) is 0 Å². The van der Waals surface area contributed by atoms with Gasteiger partial charge in [0.15, 0.2) is 5.96 Å². The van der Waals surface area contributed by atoms with E-state index < -0.39 is 0 Å². The molecular weight excluding hydrogens is 426 g/mol. The summed E-state index contributed by atoms with van der Waals surface area (Å²) in [4.78, 5) is 39.9. The molecule has 0 aliphatic rings. The molecule has 33 heavy (non-hydrogen) atoms. The number of carbonyl (C=O) groups is 2. The SMILES string of the molecule is CC(=O)N(C)C(N)=NC(N)=NC(C)CCc1ccncc1.CCN(C(=N)N=C(N)N)C(C)=O. The maximum atomic E-state index is 11.1. The van der Waals surface area contributed by atoms with E-state index in [0.717, 1.165) is 17.7 Å². The van der Waals surface area contributed by atoms with Crippen LogP contribution in [-0.2, 0) is 16.0 Å². The molecule has 13 heteroatoms. The van der Waals surface area contributed by atoms with Crippen molar-refractivity contribution in [2.75, 3.05) is 13.6 Å². The number of aromatic nitrogens is 1. The van der Waals surface area contributed by atoms with Crippen LogP contribution in [0.2, 0.25) is 0 Å². The molecule has 1 aromatic rings. The molecule has 182 valence electrons. The highest BCUT2D eigenvalue weighted by Crippen LogP contribution is 2.06. The molecule has 1 aromatic heterocycles. The van der Waals surface area contributed by atoms with E-state index in [-0.39, 0.29) is 41.7 Å². The highest BCUT2D eigenvalue weighted by atomic mass is 16.2. The molecule has 1 rings (SSSR count). The first kappa shape index (κ1) is 29.0. The fraction of sp³-hybridized carbons (Fsp3) is 0.450. The summed E-state index contributed by atoms with van der Waals surface area (Å²) in [6.45, 7) is 6.81. The number of nitrogens with two attached hydrogens (primary N) is 4. The highest BCUT2D eigenvalue weighted by Gasteiger charge is 2.11. The second kappa shape index (κ2) is 14.9. The van der Waals surface area contributed by atoms with Crippen LogP contribution in [-0.4, -0.2) is 70.1 Å². The third-order valence-corrected chi connectivity index (χ3v) is 4.18. The molecule has 9 N–H and O–H groups in total. The van der Waals surface area contributed by atoms with Gasteiger partial charge in [0.25, 0.3) is 0 Å². The minimum Gasteiger partial charge on any atom is -0.370 e. The number of hydrogen-bond acceptors (Lipinski definition) is 5. The summed E-state index contributed by atoms with van der Waals surface area (Å²) in [5, 5.41) is 7.26. The van der Waals surface area contributed by atoms with Crippen LogP contribution in [0.4, 0.5) is 0 Å². The van der Waals surface area contributed by atoms with Gasteiger partial charge in [0.2, 0.25) is 29.7 Å². The molecule has 1 unspecified atom stereocenters. The maximum Gasteiger partial charge on any atom is 0.227 e. The van der Waals surface area contributed by atoms with Crippen molar-refractivity contribution in [2.24, 2.45) is 37.9 Å². The molecule has 0 radical (unpaired) electrons. The quantitative estimate of drug-likeness (QED) is 0.287. The van der Waals surface area contributed by atoms with E-state index in [4.69, 9.17) is 28.3 Å². The van der Waals surface area contributed by atoms with Gasteiger partial charge in [-0.3, -0.25) is 29.8 Å². The molecule has 0 aliphatic heterocycles. The van der Waals surface area contributed by atoms with Crippen molar-refractivity contribution < 1.29 is 9.59 Å². The van der Waals surface area contributed by atoms with Gasteiger partial charge in [0.05, 0.1) is 6.04 Å². The zero-order chi connectivity index (χ0) is 25.6. The lowest BCUT2D eigenvalue weighted by Gasteiger charge is -2.15. The second-order valence-corrected chi connectivity index (χ2v) is 6.90. The lowest BCUT2D eigenvalue weighted by Crippen LogP contribution is -2.38. The maximum absolute atomic E-state index is 11.1. The minimum atomic E-state index is -0.257. The molecule has 13 nitrogen and oxygen atoms in total. The Bertz CT molecular complexity index is 877. The number of hydrogen-bond donors (Lipinski definition) is 5. The molecule has 1 heterocycles. The van der Waals surface area contributed by atoms with Crippen molar-refractivity contribution in [3.05, 3.63) is 30.1 Å². The Morgan fingerprint density at radius 1 is 1.09 bits per heavy atom. The van der Waals surface area contributed by atoms with Crippen LogP contribution < -0.4 is 22.9 Å². The average Bonchev–Trinajstić information content (AvgIpc) is 2.72. The predicted molar refractivity (Wildman–Crippen MR) is 130 cm³/mol. The first-order valence-corrected chi connectivity index (χ1v) is 10.2. The van der Waals surface area contributed by atoms with E-state index in [1.54, 1.807) is 19.3 Å². The summed E-state index contributed by atoms with van der Waals surface area (Å²) in [5.41, 5.74) is 22.6. The Kier molecular flexibility index (Phi) is 13.1. The number of aliphatic imine (C=N–C) groups is 3. The van der Waals surface area contributed by atoms with Crippen molar-refractivity contribution in [1.82, 2.24) is 14.8 Å². The van der Waals surface area contributed by atoms with Crippen molar-refractivity contribution in [3.63, 3.8) is 0 Å². The smallest absolute Gasteiger partial charge is 0.227 e. The summed E-state index contributed by atoms with van der Waals surface area (Å²) >= 11 is 0. The first-order chi connectivity index (χ1) is 15.4. The number of guanidine groups is 4. The van der Waals surface area contributed by atoms with E-state index in [9.17, 15) is 9.59 Å². The van der Waals surface area contributed by atoms with E-state index in [1.165, 1.54) is 31.4 Å². The number of rotatable bonds is 5. The largest absolute Gasteiger partial charge is 0.370 e. The van der Waals surface area contributed by atoms with E-state index in [2.05, 4.69) is 20.0 Å².